The van der Waals surface area contributed by atoms with Crippen molar-refractivity contribution in [3.8, 4) is 0 Å². The van der Waals surface area contributed by atoms with Crippen molar-refractivity contribution >= 4 is 17.4 Å². The van der Waals surface area contributed by atoms with E-state index >= 15 is 0 Å². The first kappa shape index (κ1) is 15.5. The molecule has 0 amide bonds. The topological polar surface area (TPSA) is 40.5 Å². The van der Waals surface area contributed by atoms with E-state index in [1.165, 1.54) is 6.42 Å². The van der Waals surface area contributed by atoms with Crippen LogP contribution in [0, 0.1) is 0 Å². The summed E-state index contributed by atoms with van der Waals surface area (Å²) in [5.74, 6) is 0.0767. The van der Waals surface area contributed by atoms with Crippen molar-refractivity contribution in [1.29, 1.82) is 0 Å². The summed E-state index contributed by atoms with van der Waals surface area (Å²) in [6.45, 7) is 2.92. The van der Waals surface area contributed by atoms with Crippen LogP contribution in [-0.2, 0) is 0 Å². The largest absolute Gasteiger partial charge is 0.395 e. The molecule has 1 aliphatic heterocycles. The molecular weight excluding hydrogens is 274 g/mol. The van der Waals surface area contributed by atoms with Gasteiger partial charge in [-0.05, 0) is 38.4 Å². The van der Waals surface area contributed by atoms with E-state index in [0.29, 0.717) is 10.6 Å². The van der Waals surface area contributed by atoms with Crippen molar-refractivity contribution in [3.05, 3.63) is 34.9 Å². The van der Waals surface area contributed by atoms with Crippen LogP contribution in [0.4, 0.5) is 0 Å². The Balaban J connectivity index is 2.15. The zero-order valence-electron chi connectivity index (χ0n) is 11.9. The Hall–Kier alpha value is -0.900. The highest BCUT2D eigenvalue weighted by molar-refractivity contribution is 6.31. The second-order valence-corrected chi connectivity index (χ2v) is 5.91. The van der Waals surface area contributed by atoms with Crippen LogP contribution in [0.25, 0.3) is 0 Å². The molecule has 0 saturated carbocycles. The lowest BCUT2D eigenvalue weighted by atomic mass is 10.0. The number of carbonyl (C=O) groups excluding carboxylic acids is 1. The van der Waals surface area contributed by atoms with E-state index in [-0.39, 0.29) is 24.5 Å². The van der Waals surface area contributed by atoms with E-state index in [4.69, 9.17) is 11.6 Å². The first-order valence-corrected chi connectivity index (χ1v) is 7.67. The van der Waals surface area contributed by atoms with Gasteiger partial charge in [-0.2, -0.15) is 0 Å². The monoisotopic (exact) mass is 295 g/mol. The zero-order valence-corrected chi connectivity index (χ0v) is 12.6. The summed E-state index contributed by atoms with van der Waals surface area (Å²) in [5.41, 5.74) is 0.644. The molecular formula is C16H22ClNO2. The third kappa shape index (κ3) is 3.60. The lowest BCUT2D eigenvalue weighted by Crippen LogP contribution is -2.47. The van der Waals surface area contributed by atoms with E-state index < -0.39 is 0 Å². The molecule has 4 heteroatoms. The smallest absolute Gasteiger partial charge is 0.179 e. The van der Waals surface area contributed by atoms with Crippen LogP contribution in [0.2, 0.25) is 5.02 Å². The number of aliphatic hydroxyl groups excluding tert-OH is 1. The number of carbonyl (C=O) groups is 1. The van der Waals surface area contributed by atoms with Gasteiger partial charge in [0, 0.05) is 16.6 Å². The van der Waals surface area contributed by atoms with Gasteiger partial charge in [0.15, 0.2) is 5.78 Å². The second-order valence-electron chi connectivity index (χ2n) is 5.47. The van der Waals surface area contributed by atoms with Gasteiger partial charge in [-0.25, -0.2) is 0 Å². The maximum Gasteiger partial charge on any atom is 0.179 e. The summed E-state index contributed by atoms with van der Waals surface area (Å²) >= 11 is 5.96. The molecule has 2 rings (SSSR count). The highest BCUT2D eigenvalue weighted by atomic mass is 35.5. The lowest BCUT2D eigenvalue weighted by molar-refractivity contribution is 0.0650. The Kier molecular flexibility index (Phi) is 5.58. The van der Waals surface area contributed by atoms with Crippen molar-refractivity contribution in [2.45, 2.75) is 44.7 Å². The quantitative estimate of drug-likeness (QED) is 0.868. The molecule has 2 atom stereocenters. The number of benzene rings is 1. The molecule has 0 bridgehead atoms. The highest BCUT2D eigenvalue weighted by Crippen LogP contribution is 2.21. The third-order valence-corrected chi connectivity index (χ3v) is 4.35. The van der Waals surface area contributed by atoms with E-state index in [1.807, 2.05) is 6.92 Å². The Morgan fingerprint density at radius 1 is 1.45 bits per heavy atom. The molecule has 1 aromatic carbocycles. The molecule has 1 saturated heterocycles. The first-order valence-electron chi connectivity index (χ1n) is 7.30. The number of likely N-dealkylation sites (tertiary alicyclic amines) is 1. The Morgan fingerprint density at radius 3 is 2.95 bits per heavy atom. The van der Waals surface area contributed by atoms with Crippen molar-refractivity contribution in [2.24, 2.45) is 0 Å². The Morgan fingerprint density at radius 2 is 2.25 bits per heavy atom. The van der Waals surface area contributed by atoms with E-state index in [2.05, 4.69) is 4.90 Å². The molecule has 0 spiro atoms. The van der Waals surface area contributed by atoms with Gasteiger partial charge in [-0.3, -0.25) is 9.69 Å². The predicted octanol–water partition coefficient (Wildman–Crippen LogP) is 3.15. The Labute approximate surface area is 125 Å². The molecule has 1 fully saturated rings. The second kappa shape index (κ2) is 7.21. The van der Waals surface area contributed by atoms with Gasteiger partial charge in [-0.1, -0.05) is 36.6 Å². The SMILES string of the molecule is CC(C(=O)c1cccc(Cl)c1)N1CCCCCC1CO. The summed E-state index contributed by atoms with van der Waals surface area (Å²) in [4.78, 5) is 14.7. The number of hydrogen-bond acceptors (Lipinski definition) is 3. The summed E-state index contributed by atoms with van der Waals surface area (Å²) in [6, 6.07) is 6.96. The number of halogens is 1. The van der Waals surface area contributed by atoms with Crippen LogP contribution in [0.5, 0.6) is 0 Å². The lowest BCUT2D eigenvalue weighted by Gasteiger charge is -2.33. The van der Waals surface area contributed by atoms with Crippen LogP contribution in [0.15, 0.2) is 24.3 Å². The molecule has 1 N–H and O–H groups in total. The maximum absolute atomic E-state index is 12.6. The standard InChI is InChI=1S/C16H22ClNO2/c1-12(16(20)13-6-5-7-14(17)10-13)18-9-4-2-3-8-15(18)11-19/h5-7,10,12,15,19H,2-4,8-9,11H2,1H3. The molecule has 0 aliphatic carbocycles. The molecule has 110 valence electrons. The van der Waals surface area contributed by atoms with Crippen LogP contribution < -0.4 is 0 Å². The zero-order chi connectivity index (χ0) is 14.5. The third-order valence-electron chi connectivity index (χ3n) is 4.12. The molecule has 0 aromatic heterocycles. The summed E-state index contributed by atoms with van der Waals surface area (Å²) in [6.07, 6.45) is 4.35. The van der Waals surface area contributed by atoms with Crippen LogP contribution in [0.3, 0.4) is 0 Å². The highest BCUT2D eigenvalue weighted by Gasteiger charge is 2.29. The van der Waals surface area contributed by atoms with E-state index in [1.54, 1.807) is 24.3 Å². The molecule has 1 heterocycles. The molecule has 1 aliphatic rings. The predicted molar refractivity (Wildman–Crippen MR) is 81.3 cm³/mol. The van der Waals surface area contributed by atoms with Crippen molar-refractivity contribution < 1.29 is 9.90 Å². The van der Waals surface area contributed by atoms with Crippen LogP contribution >= 0.6 is 11.6 Å². The fourth-order valence-electron chi connectivity index (χ4n) is 2.94. The van der Waals surface area contributed by atoms with Gasteiger partial charge >= 0.3 is 0 Å². The van der Waals surface area contributed by atoms with E-state index in [0.717, 1.165) is 25.8 Å². The average Bonchev–Trinajstić information content (AvgIpc) is 2.70. The minimum absolute atomic E-state index is 0.0767. The van der Waals surface area contributed by atoms with Crippen molar-refractivity contribution in [2.75, 3.05) is 13.2 Å². The number of ketones is 1. The number of nitrogens with zero attached hydrogens (tertiary/aromatic N) is 1. The van der Waals surface area contributed by atoms with Gasteiger partial charge in [0.2, 0.25) is 0 Å². The number of aliphatic hydroxyl groups is 1. The molecule has 0 radical (unpaired) electrons. The molecule has 2 unspecified atom stereocenters. The average molecular weight is 296 g/mol. The summed E-state index contributed by atoms with van der Waals surface area (Å²) in [7, 11) is 0. The van der Waals surface area contributed by atoms with Gasteiger partial charge in [0.25, 0.3) is 0 Å². The van der Waals surface area contributed by atoms with Gasteiger partial charge < -0.3 is 5.11 Å². The van der Waals surface area contributed by atoms with Crippen LogP contribution in [0.1, 0.15) is 43.0 Å². The summed E-state index contributed by atoms with van der Waals surface area (Å²) in [5, 5.41) is 10.1. The Bertz CT molecular complexity index is 464. The van der Waals surface area contributed by atoms with E-state index in [9.17, 15) is 9.90 Å². The molecule has 3 nitrogen and oxygen atoms in total. The minimum Gasteiger partial charge on any atom is -0.395 e. The first-order chi connectivity index (χ1) is 9.63. The summed E-state index contributed by atoms with van der Waals surface area (Å²) < 4.78 is 0. The maximum atomic E-state index is 12.6. The van der Waals surface area contributed by atoms with Crippen LogP contribution in [-0.4, -0.2) is 41.0 Å². The van der Waals surface area contributed by atoms with Crippen molar-refractivity contribution in [1.82, 2.24) is 4.90 Å². The fraction of sp³-hybridized carbons (Fsp3) is 0.562. The normalized spacial score (nSPS) is 22.2. The molecule has 1 aromatic rings. The van der Waals surface area contributed by atoms with Gasteiger partial charge in [0.05, 0.1) is 12.6 Å². The number of Topliss-reactive ketones (excluding diaryl/α,β-unsaturated/α-hetero) is 1. The van der Waals surface area contributed by atoms with Gasteiger partial charge in [-0.15, -0.1) is 0 Å². The van der Waals surface area contributed by atoms with Crippen molar-refractivity contribution in [3.63, 3.8) is 0 Å². The molecule has 20 heavy (non-hydrogen) atoms. The van der Waals surface area contributed by atoms with Gasteiger partial charge in [0.1, 0.15) is 0 Å². The number of rotatable bonds is 4. The number of hydrogen-bond donors (Lipinski definition) is 1. The minimum atomic E-state index is -0.219. The fourth-order valence-corrected chi connectivity index (χ4v) is 3.13.